The number of ether oxygens (including phenoxy) is 1. The molecule has 1 aliphatic rings. The van der Waals surface area contributed by atoms with Gasteiger partial charge >= 0.3 is 0 Å². The quantitative estimate of drug-likeness (QED) is 0.703. The van der Waals surface area contributed by atoms with E-state index in [0.717, 1.165) is 17.5 Å². The van der Waals surface area contributed by atoms with Gasteiger partial charge in [-0.25, -0.2) is 0 Å². The standard InChI is InChI=1S/C22H19NO4/c1-3-11-26-15-8-6-14(7-9-15)19-18-20(24)16-12-13(4-2)5-10-17(16)27-21(18)22(25)23-19/h3,5-10,12,19H,1,4,11H2,2H3,(H,23,25). The molecule has 3 aromatic rings. The van der Waals surface area contributed by atoms with Crippen molar-refractivity contribution in [3.05, 3.63) is 87.8 Å². The molecule has 2 aromatic carbocycles. The minimum Gasteiger partial charge on any atom is -0.490 e. The molecule has 5 nitrogen and oxygen atoms in total. The second-order valence-corrected chi connectivity index (χ2v) is 6.43. The number of hydrogen-bond acceptors (Lipinski definition) is 4. The van der Waals surface area contributed by atoms with Crippen molar-refractivity contribution in [3.63, 3.8) is 0 Å². The van der Waals surface area contributed by atoms with Crippen molar-refractivity contribution in [2.24, 2.45) is 0 Å². The lowest BCUT2D eigenvalue weighted by molar-refractivity contribution is 0.0938. The molecule has 0 saturated carbocycles. The lowest BCUT2D eigenvalue weighted by Gasteiger charge is -2.12. The Hall–Kier alpha value is -3.34. The van der Waals surface area contributed by atoms with Crippen LogP contribution in [0.25, 0.3) is 11.0 Å². The fourth-order valence-corrected chi connectivity index (χ4v) is 3.34. The summed E-state index contributed by atoms with van der Waals surface area (Å²) in [5.74, 6) is 0.413. The molecule has 2 heterocycles. The van der Waals surface area contributed by atoms with E-state index in [1.807, 2.05) is 31.2 Å². The number of amides is 1. The Bertz CT molecular complexity index is 1100. The molecule has 1 N–H and O–H groups in total. The molecule has 5 heteroatoms. The van der Waals surface area contributed by atoms with E-state index in [1.54, 1.807) is 24.3 Å². The van der Waals surface area contributed by atoms with Crippen LogP contribution in [0.15, 0.2) is 64.3 Å². The molecule has 1 aliphatic heterocycles. The lowest BCUT2D eigenvalue weighted by Crippen LogP contribution is -2.21. The normalized spacial score (nSPS) is 15.4. The van der Waals surface area contributed by atoms with E-state index in [1.165, 1.54) is 0 Å². The second kappa shape index (κ2) is 6.76. The molecule has 4 rings (SSSR count). The van der Waals surface area contributed by atoms with E-state index in [9.17, 15) is 9.59 Å². The van der Waals surface area contributed by atoms with Crippen molar-refractivity contribution in [3.8, 4) is 5.75 Å². The zero-order chi connectivity index (χ0) is 19.0. The number of carbonyl (C=O) groups excluding carboxylic acids is 1. The first-order valence-corrected chi connectivity index (χ1v) is 8.86. The summed E-state index contributed by atoms with van der Waals surface area (Å²) in [5, 5.41) is 3.35. The maximum absolute atomic E-state index is 13.1. The highest BCUT2D eigenvalue weighted by Crippen LogP contribution is 2.31. The van der Waals surface area contributed by atoms with Crippen LogP contribution >= 0.6 is 0 Å². The van der Waals surface area contributed by atoms with Crippen molar-refractivity contribution < 1.29 is 13.9 Å². The van der Waals surface area contributed by atoms with Gasteiger partial charge in [-0.05, 0) is 41.8 Å². The van der Waals surface area contributed by atoms with Crippen LogP contribution in [0.4, 0.5) is 0 Å². The van der Waals surface area contributed by atoms with E-state index < -0.39 is 6.04 Å². The van der Waals surface area contributed by atoms with Gasteiger partial charge in [-0.15, -0.1) is 0 Å². The molecule has 0 spiro atoms. The third-order valence-electron chi connectivity index (χ3n) is 4.75. The van der Waals surface area contributed by atoms with Crippen LogP contribution in [0.5, 0.6) is 5.75 Å². The van der Waals surface area contributed by atoms with Crippen LogP contribution in [-0.2, 0) is 6.42 Å². The molecule has 0 bridgehead atoms. The van der Waals surface area contributed by atoms with E-state index in [2.05, 4.69) is 11.9 Å². The van der Waals surface area contributed by atoms with E-state index in [-0.39, 0.29) is 17.1 Å². The first-order chi connectivity index (χ1) is 13.1. The van der Waals surface area contributed by atoms with Gasteiger partial charge in [0.15, 0.2) is 5.43 Å². The van der Waals surface area contributed by atoms with Crippen LogP contribution in [0.3, 0.4) is 0 Å². The number of carbonyl (C=O) groups is 1. The molecule has 0 saturated heterocycles. The zero-order valence-electron chi connectivity index (χ0n) is 15.0. The number of benzene rings is 2. The van der Waals surface area contributed by atoms with Crippen LogP contribution < -0.4 is 15.5 Å². The predicted octanol–water partition coefficient (Wildman–Crippen LogP) is 3.75. The summed E-state index contributed by atoms with van der Waals surface area (Å²) in [6.07, 6.45) is 2.49. The summed E-state index contributed by atoms with van der Waals surface area (Å²) < 4.78 is 11.3. The zero-order valence-corrected chi connectivity index (χ0v) is 15.0. The van der Waals surface area contributed by atoms with Crippen molar-refractivity contribution >= 4 is 16.9 Å². The third kappa shape index (κ3) is 2.91. The van der Waals surface area contributed by atoms with Crippen molar-refractivity contribution in [2.75, 3.05) is 6.61 Å². The van der Waals surface area contributed by atoms with E-state index >= 15 is 0 Å². The SMILES string of the molecule is C=CCOc1ccc(C2NC(=O)c3oc4ccc(CC)cc4c(=O)c32)cc1. The number of nitrogens with one attached hydrogen (secondary N) is 1. The van der Waals surface area contributed by atoms with Gasteiger partial charge in [0.25, 0.3) is 5.91 Å². The van der Waals surface area contributed by atoms with Gasteiger partial charge in [0.2, 0.25) is 5.76 Å². The first kappa shape index (κ1) is 17.1. The van der Waals surface area contributed by atoms with Crippen molar-refractivity contribution in [1.29, 1.82) is 0 Å². The predicted molar refractivity (Wildman–Crippen MR) is 103 cm³/mol. The van der Waals surface area contributed by atoms with Gasteiger partial charge in [-0.3, -0.25) is 9.59 Å². The third-order valence-corrected chi connectivity index (χ3v) is 4.75. The number of rotatable bonds is 5. The largest absolute Gasteiger partial charge is 0.490 e. The van der Waals surface area contributed by atoms with Crippen molar-refractivity contribution in [2.45, 2.75) is 19.4 Å². The Kier molecular flexibility index (Phi) is 4.28. The number of fused-ring (bicyclic) bond motifs is 2. The molecule has 27 heavy (non-hydrogen) atoms. The Labute approximate surface area is 156 Å². The highest BCUT2D eigenvalue weighted by atomic mass is 16.5. The Balaban J connectivity index is 1.81. The molecular formula is C22H19NO4. The Morgan fingerprint density at radius 2 is 1.96 bits per heavy atom. The highest BCUT2D eigenvalue weighted by molar-refractivity contribution is 5.99. The maximum Gasteiger partial charge on any atom is 0.288 e. The van der Waals surface area contributed by atoms with Gasteiger partial charge in [0, 0.05) is 0 Å². The monoisotopic (exact) mass is 361 g/mol. The molecule has 1 aromatic heterocycles. The van der Waals surface area contributed by atoms with Gasteiger partial charge in [0.05, 0.1) is 17.0 Å². The van der Waals surface area contributed by atoms with Gasteiger partial charge in [-0.2, -0.15) is 0 Å². The molecule has 0 fully saturated rings. The summed E-state index contributed by atoms with van der Waals surface area (Å²) in [4.78, 5) is 25.5. The molecule has 1 unspecified atom stereocenters. The minimum atomic E-state index is -0.535. The summed E-state index contributed by atoms with van der Waals surface area (Å²) in [5.41, 5.74) is 2.47. The van der Waals surface area contributed by atoms with Crippen molar-refractivity contribution in [1.82, 2.24) is 5.32 Å². The molecule has 1 atom stereocenters. The summed E-state index contributed by atoms with van der Waals surface area (Å²) in [6, 6.07) is 12.3. The topological polar surface area (TPSA) is 68.5 Å². The number of aryl methyl sites for hydroxylation is 1. The highest BCUT2D eigenvalue weighted by Gasteiger charge is 2.35. The van der Waals surface area contributed by atoms with Gasteiger partial charge in [-0.1, -0.05) is 37.8 Å². The molecule has 0 radical (unpaired) electrons. The molecular weight excluding hydrogens is 342 g/mol. The summed E-state index contributed by atoms with van der Waals surface area (Å²) >= 11 is 0. The lowest BCUT2D eigenvalue weighted by atomic mass is 9.98. The van der Waals surface area contributed by atoms with Gasteiger partial charge in [0.1, 0.15) is 17.9 Å². The summed E-state index contributed by atoms with van der Waals surface area (Å²) in [7, 11) is 0. The summed E-state index contributed by atoms with van der Waals surface area (Å²) in [6.45, 7) is 6.06. The van der Waals surface area contributed by atoms with E-state index in [4.69, 9.17) is 9.15 Å². The van der Waals surface area contributed by atoms with E-state index in [0.29, 0.717) is 28.9 Å². The average Bonchev–Trinajstić information content (AvgIpc) is 3.03. The Morgan fingerprint density at radius 3 is 2.67 bits per heavy atom. The smallest absolute Gasteiger partial charge is 0.288 e. The average molecular weight is 361 g/mol. The van der Waals surface area contributed by atoms with Crippen LogP contribution in [0, 0.1) is 0 Å². The molecule has 0 aliphatic carbocycles. The molecule has 1 amide bonds. The fourth-order valence-electron chi connectivity index (χ4n) is 3.34. The first-order valence-electron chi connectivity index (χ1n) is 8.86. The minimum absolute atomic E-state index is 0.0914. The fraction of sp³-hybridized carbons (Fsp3) is 0.182. The maximum atomic E-state index is 13.1. The number of hydrogen-bond donors (Lipinski definition) is 1. The van der Waals surface area contributed by atoms with Gasteiger partial charge < -0.3 is 14.5 Å². The Morgan fingerprint density at radius 1 is 1.19 bits per heavy atom. The molecule has 136 valence electrons. The van der Waals surface area contributed by atoms with Crippen LogP contribution in [0.1, 0.15) is 40.2 Å². The van der Waals surface area contributed by atoms with Crippen LogP contribution in [-0.4, -0.2) is 12.5 Å². The van der Waals surface area contributed by atoms with Crippen LogP contribution in [0.2, 0.25) is 0 Å². The second-order valence-electron chi connectivity index (χ2n) is 6.43.